The van der Waals surface area contributed by atoms with Crippen LogP contribution in [0.4, 0.5) is 0 Å². The van der Waals surface area contributed by atoms with Crippen molar-refractivity contribution in [1.29, 1.82) is 0 Å². The zero-order valence-electron chi connectivity index (χ0n) is 17.9. The van der Waals surface area contributed by atoms with E-state index in [-0.39, 0.29) is 13.2 Å². The van der Waals surface area contributed by atoms with Gasteiger partial charge in [0.1, 0.15) is 12.4 Å². The first-order valence-corrected chi connectivity index (χ1v) is 10.3. The van der Waals surface area contributed by atoms with Crippen LogP contribution in [0.15, 0.2) is 61.2 Å². The molecule has 0 heterocycles. The van der Waals surface area contributed by atoms with E-state index < -0.39 is 12.1 Å². The molecule has 2 aromatic carbocycles. The number of unbranched alkanes of at least 4 members (excludes halogenated alkanes) is 2. The van der Waals surface area contributed by atoms with Gasteiger partial charge in [-0.1, -0.05) is 50.3 Å². The van der Waals surface area contributed by atoms with Crippen molar-refractivity contribution in [2.75, 3.05) is 20.3 Å². The Balaban J connectivity index is 1.88. The smallest absolute Gasteiger partial charge is 0.330 e. The summed E-state index contributed by atoms with van der Waals surface area (Å²) in [6.45, 7) is 6.06. The highest BCUT2D eigenvalue weighted by Gasteiger charge is 2.13. The standard InChI is InChI=1S/C26H30O4/c1-4-6-7-8-21-9-11-22(12-10-21)13-14-23-15-17-24(18-16-23)29-20-25(19-28-3)30-26(27)5-2/h5,9-12,15-18,25H,2,4,6-8,19-20H2,1,3H3. The molecule has 0 fully saturated rings. The van der Waals surface area contributed by atoms with Crippen LogP contribution >= 0.6 is 0 Å². The normalized spacial score (nSPS) is 11.1. The van der Waals surface area contributed by atoms with Gasteiger partial charge in [0.15, 0.2) is 6.10 Å². The summed E-state index contributed by atoms with van der Waals surface area (Å²) in [5, 5.41) is 0. The molecule has 2 rings (SSSR count). The number of benzene rings is 2. The first-order valence-electron chi connectivity index (χ1n) is 10.3. The monoisotopic (exact) mass is 406 g/mol. The molecular formula is C26H30O4. The van der Waals surface area contributed by atoms with Crippen molar-refractivity contribution in [1.82, 2.24) is 0 Å². The number of aryl methyl sites for hydroxylation is 1. The van der Waals surface area contributed by atoms with Gasteiger partial charge in [-0.2, -0.15) is 0 Å². The largest absolute Gasteiger partial charge is 0.490 e. The van der Waals surface area contributed by atoms with Crippen LogP contribution in [-0.2, 0) is 20.7 Å². The highest BCUT2D eigenvalue weighted by Crippen LogP contribution is 2.13. The van der Waals surface area contributed by atoms with Crippen molar-refractivity contribution in [3.8, 4) is 17.6 Å². The third kappa shape index (κ3) is 8.55. The van der Waals surface area contributed by atoms with Crippen LogP contribution in [0.5, 0.6) is 5.75 Å². The molecule has 0 N–H and O–H groups in total. The second-order valence-corrected chi connectivity index (χ2v) is 6.96. The molecular weight excluding hydrogens is 376 g/mol. The average molecular weight is 407 g/mol. The molecule has 1 unspecified atom stereocenters. The quantitative estimate of drug-likeness (QED) is 0.229. The fourth-order valence-electron chi connectivity index (χ4n) is 2.82. The summed E-state index contributed by atoms with van der Waals surface area (Å²) in [7, 11) is 1.54. The highest BCUT2D eigenvalue weighted by molar-refractivity contribution is 5.81. The molecule has 0 saturated heterocycles. The van der Waals surface area contributed by atoms with E-state index in [1.165, 1.54) is 24.8 Å². The van der Waals surface area contributed by atoms with Gasteiger partial charge in [0, 0.05) is 24.3 Å². The minimum atomic E-state index is -0.500. The molecule has 158 valence electrons. The number of carbonyl (C=O) groups excluding carboxylic acids is 1. The topological polar surface area (TPSA) is 44.8 Å². The van der Waals surface area contributed by atoms with Gasteiger partial charge < -0.3 is 14.2 Å². The molecule has 0 aliphatic carbocycles. The maximum atomic E-state index is 11.4. The van der Waals surface area contributed by atoms with E-state index in [0.29, 0.717) is 5.75 Å². The summed E-state index contributed by atoms with van der Waals surface area (Å²) < 4.78 is 15.9. The molecule has 0 saturated carbocycles. The molecule has 0 spiro atoms. The Bertz CT molecular complexity index is 841. The van der Waals surface area contributed by atoms with Gasteiger partial charge in [-0.05, 0) is 54.8 Å². The Morgan fingerprint density at radius 2 is 1.63 bits per heavy atom. The number of hydrogen-bond acceptors (Lipinski definition) is 4. The maximum absolute atomic E-state index is 11.4. The fourth-order valence-corrected chi connectivity index (χ4v) is 2.82. The lowest BCUT2D eigenvalue weighted by Crippen LogP contribution is -2.28. The van der Waals surface area contributed by atoms with Crippen LogP contribution in [0.1, 0.15) is 42.9 Å². The predicted molar refractivity (Wildman–Crippen MR) is 120 cm³/mol. The predicted octanol–water partition coefficient (Wildman–Crippen LogP) is 4.94. The number of rotatable bonds is 11. The second-order valence-electron chi connectivity index (χ2n) is 6.96. The van der Waals surface area contributed by atoms with Crippen molar-refractivity contribution < 1.29 is 19.0 Å². The van der Waals surface area contributed by atoms with Crippen LogP contribution in [0.25, 0.3) is 0 Å². The van der Waals surface area contributed by atoms with Crippen LogP contribution in [0.2, 0.25) is 0 Å². The third-order valence-corrected chi connectivity index (χ3v) is 4.47. The average Bonchev–Trinajstić information content (AvgIpc) is 2.78. The van der Waals surface area contributed by atoms with Gasteiger partial charge in [0.2, 0.25) is 0 Å². The lowest BCUT2D eigenvalue weighted by atomic mass is 10.1. The summed E-state index contributed by atoms with van der Waals surface area (Å²) in [5.41, 5.74) is 3.27. The molecule has 2 aromatic rings. The van der Waals surface area contributed by atoms with E-state index in [1.807, 2.05) is 24.3 Å². The third-order valence-electron chi connectivity index (χ3n) is 4.47. The minimum absolute atomic E-state index is 0.197. The zero-order valence-corrected chi connectivity index (χ0v) is 17.9. The SMILES string of the molecule is C=CC(=O)OC(COC)COc1ccc(C#Cc2ccc(CCCCC)cc2)cc1. The molecule has 0 aliphatic rings. The maximum Gasteiger partial charge on any atom is 0.330 e. The van der Waals surface area contributed by atoms with Gasteiger partial charge in [0.05, 0.1) is 6.61 Å². The molecule has 0 bridgehead atoms. The van der Waals surface area contributed by atoms with Crippen molar-refractivity contribution in [2.24, 2.45) is 0 Å². The van der Waals surface area contributed by atoms with Gasteiger partial charge in [-0.15, -0.1) is 0 Å². The summed E-state index contributed by atoms with van der Waals surface area (Å²) in [4.78, 5) is 11.4. The molecule has 4 heteroatoms. The molecule has 0 radical (unpaired) electrons. The van der Waals surface area contributed by atoms with Crippen molar-refractivity contribution >= 4 is 5.97 Å². The van der Waals surface area contributed by atoms with E-state index in [1.54, 1.807) is 7.11 Å². The zero-order chi connectivity index (χ0) is 21.6. The molecule has 1 atom stereocenters. The van der Waals surface area contributed by atoms with Crippen LogP contribution in [0, 0.1) is 11.8 Å². The summed E-state index contributed by atoms with van der Waals surface area (Å²) >= 11 is 0. The summed E-state index contributed by atoms with van der Waals surface area (Å²) in [6.07, 6.45) is 5.50. The minimum Gasteiger partial charge on any atom is -0.490 e. The second kappa shape index (κ2) is 13.2. The first-order chi connectivity index (χ1) is 14.6. The van der Waals surface area contributed by atoms with E-state index in [4.69, 9.17) is 14.2 Å². The molecule has 0 aliphatic heterocycles. The molecule has 4 nitrogen and oxygen atoms in total. The van der Waals surface area contributed by atoms with Crippen molar-refractivity contribution in [2.45, 2.75) is 38.7 Å². The van der Waals surface area contributed by atoms with Crippen LogP contribution in [-0.4, -0.2) is 32.4 Å². The number of esters is 1. The molecule has 30 heavy (non-hydrogen) atoms. The molecule has 0 aromatic heterocycles. The van der Waals surface area contributed by atoms with E-state index in [0.717, 1.165) is 23.6 Å². The van der Waals surface area contributed by atoms with E-state index in [2.05, 4.69) is 49.6 Å². The highest BCUT2D eigenvalue weighted by atomic mass is 16.6. The van der Waals surface area contributed by atoms with Gasteiger partial charge >= 0.3 is 5.97 Å². The lowest BCUT2D eigenvalue weighted by Gasteiger charge is -2.16. The number of hydrogen-bond donors (Lipinski definition) is 0. The Morgan fingerprint density at radius 3 is 2.20 bits per heavy atom. The Labute approximate surface area is 179 Å². The summed E-state index contributed by atoms with van der Waals surface area (Å²) in [6, 6.07) is 16.0. The van der Waals surface area contributed by atoms with Gasteiger partial charge in [-0.3, -0.25) is 0 Å². The van der Waals surface area contributed by atoms with Crippen LogP contribution < -0.4 is 4.74 Å². The van der Waals surface area contributed by atoms with E-state index >= 15 is 0 Å². The van der Waals surface area contributed by atoms with Crippen molar-refractivity contribution in [3.63, 3.8) is 0 Å². The van der Waals surface area contributed by atoms with Gasteiger partial charge in [0.25, 0.3) is 0 Å². The van der Waals surface area contributed by atoms with Gasteiger partial charge in [-0.25, -0.2) is 4.79 Å². The Hall–Kier alpha value is -3.03. The number of ether oxygens (including phenoxy) is 3. The summed E-state index contributed by atoms with van der Waals surface area (Å²) in [5.74, 6) is 6.54. The van der Waals surface area contributed by atoms with E-state index in [9.17, 15) is 4.79 Å². The van der Waals surface area contributed by atoms with Crippen LogP contribution in [0.3, 0.4) is 0 Å². The van der Waals surface area contributed by atoms with Crippen molar-refractivity contribution in [3.05, 3.63) is 77.9 Å². The number of carbonyl (C=O) groups is 1. The first kappa shape index (κ1) is 23.3. The fraction of sp³-hybridized carbons (Fsp3) is 0.346. The Kier molecular flexibility index (Phi) is 10.3. The lowest BCUT2D eigenvalue weighted by molar-refractivity contribution is -0.147. The Morgan fingerprint density at radius 1 is 1.00 bits per heavy atom. The number of methoxy groups -OCH3 is 1. The molecule has 0 amide bonds.